The quantitative estimate of drug-likeness (QED) is 0.411. The molecule has 0 spiro atoms. The molecule has 2 N–H and O–H groups in total. The van der Waals surface area contributed by atoms with E-state index < -0.39 is 42.2 Å². The number of nitrogen functional groups attached to an aromatic ring is 1. The zero-order valence-corrected chi connectivity index (χ0v) is 18.2. The minimum absolute atomic E-state index is 0.0393. The number of carbonyl (C=O) groups excluding carboxylic acids is 1. The molecule has 1 amide bonds. The molecule has 2 aromatic carbocycles. The average molecular weight is 505 g/mol. The number of imidazole rings is 1. The van der Waals surface area contributed by atoms with Crippen molar-refractivity contribution >= 4 is 28.3 Å². The van der Waals surface area contributed by atoms with Gasteiger partial charge in [0, 0.05) is 24.1 Å². The highest BCUT2D eigenvalue weighted by molar-refractivity contribution is 5.99. The van der Waals surface area contributed by atoms with Crippen molar-refractivity contribution < 1.29 is 36.2 Å². The van der Waals surface area contributed by atoms with Crippen molar-refractivity contribution in [2.24, 2.45) is 0 Å². The first kappa shape index (κ1) is 22.3. The minimum Gasteiger partial charge on any atom is -0.487 e. The molecule has 2 aromatic heterocycles. The summed E-state index contributed by atoms with van der Waals surface area (Å²) in [7, 11) is 0. The predicted molar refractivity (Wildman–Crippen MR) is 116 cm³/mol. The summed E-state index contributed by atoms with van der Waals surface area (Å²) < 4.78 is 78.9. The number of likely N-dealkylation sites (tertiary alicyclic amines) is 1. The van der Waals surface area contributed by atoms with Gasteiger partial charge in [0.05, 0.1) is 41.7 Å². The molecule has 0 saturated carbocycles. The lowest BCUT2D eigenvalue weighted by Crippen LogP contribution is -2.49. The Morgan fingerprint density at radius 1 is 1.19 bits per heavy atom. The van der Waals surface area contributed by atoms with Crippen molar-refractivity contribution in [3.63, 3.8) is 0 Å². The number of carbonyl (C=O) groups is 1. The van der Waals surface area contributed by atoms with Gasteiger partial charge in [-0.15, -0.1) is 13.2 Å². The molecule has 3 atom stereocenters. The third-order valence-electron chi connectivity index (χ3n) is 6.34. The fourth-order valence-corrected chi connectivity index (χ4v) is 4.91. The first-order valence-corrected chi connectivity index (χ1v) is 10.8. The van der Waals surface area contributed by atoms with E-state index in [1.54, 1.807) is 4.40 Å². The molecular weight excluding hydrogens is 489 g/mol. The maximum Gasteiger partial charge on any atom is 0.573 e. The van der Waals surface area contributed by atoms with Crippen LogP contribution in [0, 0.1) is 5.82 Å². The van der Waals surface area contributed by atoms with Gasteiger partial charge in [-0.05, 0) is 18.2 Å². The van der Waals surface area contributed by atoms with Gasteiger partial charge in [-0.2, -0.15) is 0 Å². The summed E-state index contributed by atoms with van der Waals surface area (Å²) in [5.41, 5.74) is 6.96. The van der Waals surface area contributed by atoms with Gasteiger partial charge in [0.25, 0.3) is 5.91 Å². The monoisotopic (exact) mass is 505 g/mol. The number of nitrogens with two attached hydrogens (primary N) is 1. The van der Waals surface area contributed by atoms with E-state index in [1.807, 2.05) is 0 Å². The molecule has 2 aliphatic heterocycles. The van der Waals surface area contributed by atoms with Crippen LogP contribution in [0.25, 0.3) is 16.6 Å². The second-order valence-electron chi connectivity index (χ2n) is 8.61. The molecule has 0 aliphatic carbocycles. The smallest absolute Gasteiger partial charge is 0.487 e. The molecule has 13 heteroatoms. The third-order valence-corrected chi connectivity index (χ3v) is 6.34. The Labute approximate surface area is 199 Å². The number of alkyl halides is 4. The Morgan fingerprint density at radius 3 is 2.78 bits per heavy atom. The van der Waals surface area contributed by atoms with Crippen LogP contribution in [-0.4, -0.2) is 50.4 Å². The standard InChI is InChI=1S/C23H16F5N5O3/c24-10-3-19-20(12-2-1-11(4-18(12)35-19)36-23(26,27)28)32(8-10)22(34)13-5-16-15(6-14(13)25)31-21(29)17-7-30-9-33(16)17/h1-2,4-7,9-10,19-20H,3,8H2,(H2,29,31)/t10-,19+,20+/m1/s1. The highest BCUT2D eigenvalue weighted by Crippen LogP contribution is 2.47. The lowest BCUT2D eigenvalue weighted by atomic mass is 9.92. The van der Waals surface area contributed by atoms with Gasteiger partial charge in [0.15, 0.2) is 0 Å². The molecular formula is C23H16F5N5O3. The van der Waals surface area contributed by atoms with Crippen LogP contribution in [0.3, 0.4) is 0 Å². The molecule has 36 heavy (non-hydrogen) atoms. The molecule has 1 saturated heterocycles. The zero-order chi connectivity index (χ0) is 25.4. The second-order valence-corrected chi connectivity index (χ2v) is 8.61. The maximum atomic E-state index is 15.1. The van der Waals surface area contributed by atoms with E-state index in [1.165, 1.54) is 24.7 Å². The van der Waals surface area contributed by atoms with Crippen LogP contribution < -0.4 is 15.2 Å². The van der Waals surface area contributed by atoms with Gasteiger partial charge in [0.2, 0.25) is 0 Å². The fourth-order valence-electron chi connectivity index (χ4n) is 4.91. The van der Waals surface area contributed by atoms with Gasteiger partial charge < -0.3 is 20.1 Å². The maximum absolute atomic E-state index is 15.1. The molecule has 2 aliphatic rings. The van der Waals surface area contributed by atoms with Crippen molar-refractivity contribution in [2.75, 3.05) is 12.3 Å². The van der Waals surface area contributed by atoms with Crippen LogP contribution >= 0.6 is 0 Å². The largest absolute Gasteiger partial charge is 0.573 e. The number of rotatable bonds is 2. The molecule has 0 unspecified atom stereocenters. The lowest BCUT2D eigenvalue weighted by molar-refractivity contribution is -0.274. The third kappa shape index (κ3) is 3.53. The topological polar surface area (TPSA) is 95.0 Å². The number of halogens is 5. The van der Waals surface area contributed by atoms with Gasteiger partial charge >= 0.3 is 6.36 Å². The number of benzene rings is 2. The van der Waals surface area contributed by atoms with Crippen LogP contribution in [0.5, 0.6) is 11.5 Å². The summed E-state index contributed by atoms with van der Waals surface area (Å²) in [5, 5.41) is 0. The molecule has 4 aromatic rings. The first-order valence-electron chi connectivity index (χ1n) is 10.8. The number of aromatic nitrogens is 3. The van der Waals surface area contributed by atoms with Gasteiger partial charge in [-0.3, -0.25) is 9.20 Å². The van der Waals surface area contributed by atoms with Gasteiger partial charge in [-0.25, -0.2) is 18.7 Å². The van der Waals surface area contributed by atoms with Crippen LogP contribution in [-0.2, 0) is 0 Å². The number of anilines is 1. The van der Waals surface area contributed by atoms with Crippen molar-refractivity contribution in [1.82, 2.24) is 19.3 Å². The highest BCUT2D eigenvalue weighted by Gasteiger charge is 2.47. The average Bonchev–Trinajstić information content (AvgIpc) is 3.41. The molecule has 6 rings (SSSR count). The summed E-state index contributed by atoms with van der Waals surface area (Å²) >= 11 is 0. The predicted octanol–water partition coefficient (Wildman–Crippen LogP) is 4.19. The van der Waals surface area contributed by atoms with E-state index >= 15 is 4.39 Å². The normalized spacial score (nSPS) is 21.4. The molecule has 0 bridgehead atoms. The first-order chi connectivity index (χ1) is 17.1. The van der Waals surface area contributed by atoms with Crippen molar-refractivity contribution in [3.8, 4) is 11.5 Å². The summed E-state index contributed by atoms with van der Waals surface area (Å²) in [6, 6.07) is 4.99. The Balaban J connectivity index is 1.41. The molecule has 4 heterocycles. The summed E-state index contributed by atoms with van der Waals surface area (Å²) in [6.07, 6.45) is -4.42. The van der Waals surface area contributed by atoms with Crippen LogP contribution in [0.4, 0.5) is 27.8 Å². The van der Waals surface area contributed by atoms with Gasteiger partial charge in [-0.1, -0.05) is 0 Å². The second kappa shape index (κ2) is 7.67. The molecule has 1 fully saturated rings. The van der Waals surface area contributed by atoms with Crippen molar-refractivity contribution in [2.45, 2.75) is 31.1 Å². The molecule has 8 nitrogen and oxygen atoms in total. The summed E-state index contributed by atoms with van der Waals surface area (Å²) in [4.78, 5) is 22.9. The number of ether oxygens (including phenoxy) is 2. The minimum atomic E-state index is -4.90. The fraction of sp³-hybridized carbons (Fsp3) is 0.261. The Kier molecular flexibility index (Phi) is 4.75. The van der Waals surface area contributed by atoms with E-state index in [4.69, 9.17) is 10.5 Å². The number of amides is 1. The van der Waals surface area contributed by atoms with E-state index in [0.717, 1.165) is 23.1 Å². The summed E-state index contributed by atoms with van der Waals surface area (Å²) in [6.45, 7) is -0.346. The Bertz CT molecular complexity index is 1540. The van der Waals surface area contributed by atoms with E-state index in [-0.39, 0.29) is 35.6 Å². The number of fused-ring (bicyclic) bond motifs is 6. The van der Waals surface area contributed by atoms with Crippen LogP contribution in [0.15, 0.2) is 42.9 Å². The number of hydrogen-bond acceptors (Lipinski definition) is 6. The number of piperidine rings is 1. The van der Waals surface area contributed by atoms with Crippen LogP contribution in [0.1, 0.15) is 28.4 Å². The zero-order valence-electron chi connectivity index (χ0n) is 18.2. The number of nitrogens with zero attached hydrogens (tertiary/aromatic N) is 4. The summed E-state index contributed by atoms with van der Waals surface area (Å²) in [5.74, 6) is -2.02. The van der Waals surface area contributed by atoms with E-state index in [2.05, 4.69) is 14.7 Å². The van der Waals surface area contributed by atoms with E-state index in [0.29, 0.717) is 16.6 Å². The SMILES string of the molecule is Nc1nc2cc(F)c(C(=O)N3C[C@H](F)C[C@@H]4Oc5cc(OC(F)(F)F)ccc5[C@@H]43)cc2n2cncc12. The number of hydrogen-bond donors (Lipinski definition) is 1. The lowest BCUT2D eigenvalue weighted by Gasteiger charge is -2.38. The van der Waals surface area contributed by atoms with E-state index in [9.17, 15) is 22.4 Å². The Morgan fingerprint density at radius 2 is 2.00 bits per heavy atom. The highest BCUT2D eigenvalue weighted by atomic mass is 19.4. The van der Waals surface area contributed by atoms with Crippen molar-refractivity contribution in [1.29, 1.82) is 0 Å². The Hall–Kier alpha value is -4.16. The van der Waals surface area contributed by atoms with Gasteiger partial charge in [0.1, 0.15) is 40.9 Å². The molecule has 186 valence electrons. The van der Waals surface area contributed by atoms with Crippen LogP contribution in [0.2, 0.25) is 0 Å². The molecule has 0 radical (unpaired) electrons. The van der Waals surface area contributed by atoms with Crippen molar-refractivity contribution in [3.05, 3.63) is 59.8 Å².